The number of benzene rings is 3. The number of ether oxygens (including phenoxy) is 2. The Bertz CT molecular complexity index is 1160. The second-order valence-corrected chi connectivity index (χ2v) is 7.92. The van der Waals surface area contributed by atoms with Crippen LogP contribution in [-0.4, -0.2) is 24.2 Å². The summed E-state index contributed by atoms with van der Waals surface area (Å²) in [6.45, 7) is 2.09. The van der Waals surface area contributed by atoms with Gasteiger partial charge in [0.1, 0.15) is 6.61 Å². The average Bonchev–Trinajstić information content (AvgIpc) is 2.78. The molecule has 0 aromatic heterocycles. The van der Waals surface area contributed by atoms with E-state index in [0.29, 0.717) is 17.1 Å². The number of nitro groups is 1. The number of halogens is 1. The molecule has 3 aromatic carbocycles. The minimum absolute atomic E-state index is 0.0269. The molecule has 1 N–H and O–H groups in total. The second-order valence-electron chi connectivity index (χ2n) is 6.76. The molecule has 0 bridgehead atoms. The Morgan fingerprint density at radius 2 is 1.91 bits per heavy atom. The van der Waals surface area contributed by atoms with E-state index in [0.717, 1.165) is 20.3 Å². The molecule has 9 heteroatoms. The molecule has 0 saturated carbocycles. The quantitative estimate of drug-likeness (QED) is 0.189. The minimum Gasteiger partial charge on any atom is -0.493 e. The highest BCUT2D eigenvalue weighted by atomic mass is 127. The lowest BCUT2D eigenvalue weighted by atomic mass is 10.1. The van der Waals surface area contributed by atoms with E-state index in [1.54, 1.807) is 30.3 Å². The molecule has 0 atom stereocenters. The summed E-state index contributed by atoms with van der Waals surface area (Å²) < 4.78 is 12.1. The highest BCUT2D eigenvalue weighted by Crippen LogP contribution is 2.34. The van der Waals surface area contributed by atoms with Gasteiger partial charge in [0.15, 0.2) is 11.5 Å². The number of carbonyl (C=O) groups excluding carboxylic acids is 1. The molecule has 0 fully saturated rings. The van der Waals surface area contributed by atoms with Crippen LogP contribution in [-0.2, 0) is 6.61 Å². The predicted octanol–water partition coefficient (Wildman–Crippen LogP) is 4.86. The van der Waals surface area contributed by atoms with E-state index in [1.165, 1.54) is 25.5 Å². The maximum atomic E-state index is 12.3. The number of non-ortho nitro benzene ring substituents is 1. The summed E-state index contributed by atoms with van der Waals surface area (Å²) >= 11 is 2.13. The van der Waals surface area contributed by atoms with Gasteiger partial charge in [-0.1, -0.05) is 18.2 Å². The third-order valence-electron chi connectivity index (χ3n) is 4.55. The van der Waals surface area contributed by atoms with E-state index in [9.17, 15) is 14.9 Å². The van der Waals surface area contributed by atoms with Crippen LogP contribution in [0.2, 0.25) is 0 Å². The molecular weight excluding hydrogens is 525 g/mol. The third-order valence-corrected chi connectivity index (χ3v) is 5.35. The van der Waals surface area contributed by atoms with Crippen molar-refractivity contribution in [2.45, 2.75) is 13.5 Å². The summed E-state index contributed by atoms with van der Waals surface area (Å²) in [5.74, 6) is 0.766. The number of nitrogens with zero attached hydrogens (tertiary/aromatic N) is 2. The monoisotopic (exact) mass is 545 g/mol. The fourth-order valence-electron chi connectivity index (χ4n) is 2.88. The lowest BCUT2D eigenvalue weighted by Crippen LogP contribution is -2.18. The molecule has 0 aliphatic rings. The molecule has 1 amide bonds. The number of rotatable bonds is 8. The maximum absolute atomic E-state index is 12.3. The van der Waals surface area contributed by atoms with Crippen LogP contribution in [0.4, 0.5) is 5.69 Å². The van der Waals surface area contributed by atoms with Crippen molar-refractivity contribution in [2.75, 3.05) is 7.11 Å². The first-order valence-electron chi connectivity index (χ1n) is 9.51. The van der Waals surface area contributed by atoms with Crippen LogP contribution in [0.1, 0.15) is 27.0 Å². The molecule has 0 spiro atoms. The Kier molecular flexibility index (Phi) is 7.77. The number of nitrogens with one attached hydrogen (secondary N) is 1. The van der Waals surface area contributed by atoms with Crippen molar-refractivity contribution in [1.29, 1.82) is 0 Å². The van der Waals surface area contributed by atoms with Crippen molar-refractivity contribution < 1.29 is 19.2 Å². The van der Waals surface area contributed by atoms with Gasteiger partial charge in [-0.2, -0.15) is 5.10 Å². The lowest BCUT2D eigenvalue weighted by Gasteiger charge is -2.13. The molecule has 0 aliphatic carbocycles. The zero-order chi connectivity index (χ0) is 23.1. The number of hydrazone groups is 1. The molecule has 32 heavy (non-hydrogen) atoms. The van der Waals surface area contributed by atoms with Gasteiger partial charge in [-0.25, -0.2) is 5.43 Å². The first-order valence-corrected chi connectivity index (χ1v) is 10.6. The fraction of sp³-hybridized carbons (Fsp3) is 0.130. The molecule has 0 radical (unpaired) electrons. The smallest absolute Gasteiger partial charge is 0.271 e. The molecule has 0 saturated heterocycles. The molecule has 8 nitrogen and oxygen atoms in total. The minimum atomic E-state index is -0.444. The Labute approximate surface area is 198 Å². The van der Waals surface area contributed by atoms with E-state index in [4.69, 9.17) is 9.47 Å². The largest absolute Gasteiger partial charge is 0.493 e. The van der Waals surface area contributed by atoms with Crippen LogP contribution < -0.4 is 14.9 Å². The predicted molar refractivity (Wildman–Crippen MR) is 129 cm³/mol. The van der Waals surface area contributed by atoms with Crippen molar-refractivity contribution in [3.05, 3.63) is 96.6 Å². The van der Waals surface area contributed by atoms with Crippen LogP contribution >= 0.6 is 22.6 Å². The number of methoxy groups -OCH3 is 1. The standard InChI is InChI=1S/C23H20IN3O5/c1-15-5-3-4-6-19(15)23(28)26-25-13-17-11-20(24)22(21(12-17)31-2)32-14-16-7-9-18(10-8-16)27(29)30/h3-13H,14H2,1-2H3,(H,26,28)/b25-13+. The van der Waals surface area contributed by atoms with Gasteiger partial charge in [-0.05, 0) is 76.5 Å². The van der Waals surface area contributed by atoms with Gasteiger partial charge in [-0.3, -0.25) is 14.9 Å². The van der Waals surface area contributed by atoms with Crippen molar-refractivity contribution >= 4 is 40.4 Å². The van der Waals surface area contributed by atoms with Gasteiger partial charge in [0.05, 0.1) is 21.8 Å². The molecule has 0 heterocycles. The second kappa shape index (κ2) is 10.7. The highest BCUT2D eigenvalue weighted by Gasteiger charge is 2.13. The lowest BCUT2D eigenvalue weighted by molar-refractivity contribution is -0.384. The van der Waals surface area contributed by atoms with E-state index < -0.39 is 4.92 Å². The highest BCUT2D eigenvalue weighted by molar-refractivity contribution is 14.1. The maximum Gasteiger partial charge on any atom is 0.271 e. The Morgan fingerprint density at radius 3 is 2.56 bits per heavy atom. The van der Waals surface area contributed by atoms with Crippen LogP contribution in [0.3, 0.4) is 0 Å². The Hall–Kier alpha value is -3.47. The topological polar surface area (TPSA) is 103 Å². The summed E-state index contributed by atoms with van der Waals surface area (Å²) in [7, 11) is 1.53. The van der Waals surface area contributed by atoms with Crippen molar-refractivity contribution in [1.82, 2.24) is 5.43 Å². The van der Waals surface area contributed by atoms with Gasteiger partial charge in [-0.15, -0.1) is 0 Å². The Balaban J connectivity index is 1.69. The average molecular weight is 545 g/mol. The van der Waals surface area contributed by atoms with Gasteiger partial charge >= 0.3 is 0 Å². The van der Waals surface area contributed by atoms with Crippen LogP contribution in [0.15, 0.2) is 65.8 Å². The Morgan fingerprint density at radius 1 is 1.19 bits per heavy atom. The molecule has 3 aromatic rings. The SMILES string of the molecule is COc1cc(/C=N/NC(=O)c2ccccc2C)cc(I)c1OCc1ccc([N+](=O)[O-])cc1. The molecule has 164 valence electrons. The number of aryl methyl sites for hydroxylation is 1. The summed E-state index contributed by atoms with van der Waals surface area (Å²) in [5.41, 5.74) is 5.49. The molecule has 0 unspecified atom stereocenters. The van der Waals surface area contributed by atoms with Crippen molar-refractivity contribution in [3.8, 4) is 11.5 Å². The third kappa shape index (κ3) is 5.82. The molecule has 3 rings (SSSR count). The van der Waals surface area contributed by atoms with Gasteiger partial charge in [0.25, 0.3) is 11.6 Å². The fourth-order valence-corrected chi connectivity index (χ4v) is 3.66. The number of amides is 1. The van der Waals surface area contributed by atoms with E-state index in [1.807, 2.05) is 25.1 Å². The zero-order valence-electron chi connectivity index (χ0n) is 17.4. The first-order chi connectivity index (χ1) is 15.4. The summed E-state index contributed by atoms with van der Waals surface area (Å²) in [5, 5.41) is 14.8. The summed E-state index contributed by atoms with van der Waals surface area (Å²) in [4.78, 5) is 22.6. The van der Waals surface area contributed by atoms with Gasteiger partial charge in [0.2, 0.25) is 0 Å². The van der Waals surface area contributed by atoms with Crippen molar-refractivity contribution in [3.63, 3.8) is 0 Å². The van der Waals surface area contributed by atoms with E-state index in [2.05, 4.69) is 33.1 Å². The first kappa shape index (κ1) is 23.2. The van der Waals surface area contributed by atoms with Gasteiger partial charge < -0.3 is 9.47 Å². The number of hydrogen-bond acceptors (Lipinski definition) is 6. The van der Waals surface area contributed by atoms with Crippen LogP contribution in [0.25, 0.3) is 0 Å². The zero-order valence-corrected chi connectivity index (χ0v) is 19.5. The van der Waals surface area contributed by atoms with E-state index >= 15 is 0 Å². The summed E-state index contributed by atoms with van der Waals surface area (Å²) in [6, 6.07) is 17.0. The van der Waals surface area contributed by atoms with E-state index in [-0.39, 0.29) is 18.2 Å². The summed E-state index contributed by atoms with van der Waals surface area (Å²) in [6.07, 6.45) is 1.53. The normalized spacial score (nSPS) is 10.7. The number of hydrogen-bond donors (Lipinski definition) is 1. The molecular formula is C23H20IN3O5. The van der Waals surface area contributed by atoms with Crippen molar-refractivity contribution in [2.24, 2.45) is 5.10 Å². The number of carbonyl (C=O) groups is 1. The molecule has 0 aliphatic heterocycles. The van der Waals surface area contributed by atoms with Crippen LogP contribution in [0, 0.1) is 20.6 Å². The number of nitro benzene ring substituents is 1. The van der Waals surface area contributed by atoms with Gasteiger partial charge in [0, 0.05) is 17.7 Å². The van der Waals surface area contributed by atoms with Crippen LogP contribution in [0.5, 0.6) is 11.5 Å².